The molecule has 2 heterocycles. The van der Waals surface area contributed by atoms with E-state index >= 15 is 0 Å². The number of nitrogens with one attached hydrogen (secondary N) is 1. The Kier molecular flexibility index (Phi) is 5.32. The summed E-state index contributed by atoms with van der Waals surface area (Å²) in [4.78, 5) is 23.0. The Labute approximate surface area is 148 Å². The van der Waals surface area contributed by atoms with E-state index in [-0.39, 0.29) is 5.91 Å². The molecule has 2 aromatic heterocycles. The molecule has 1 N–H and O–H groups in total. The summed E-state index contributed by atoms with van der Waals surface area (Å²) in [5.74, 6) is 0.926. The Hall–Kier alpha value is -2.12. The second-order valence-electron chi connectivity index (χ2n) is 5.03. The van der Waals surface area contributed by atoms with E-state index in [9.17, 15) is 4.79 Å². The van der Waals surface area contributed by atoms with Gasteiger partial charge in [-0.15, -0.1) is 11.3 Å². The van der Waals surface area contributed by atoms with E-state index in [4.69, 9.17) is 4.74 Å². The molecule has 24 heavy (non-hydrogen) atoms. The van der Waals surface area contributed by atoms with E-state index in [0.29, 0.717) is 11.5 Å². The van der Waals surface area contributed by atoms with Gasteiger partial charge >= 0.3 is 0 Å². The molecule has 0 saturated heterocycles. The van der Waals surface area contributed by atoms with Crippen LogP contribution in [0.3, 0.4) is 0 Å². The van der Waals surface area contributed by atoms with Crippen LogP contribution in [0, 0.1) is 0 Å². The number of hydrogen-bond donors (Lipinski definition) is 1. The van der Waals surface area contributed by atoms with Crippen LogP contribution in [0.2, 0.25) is 0 Å². The SMILES string of the molecule is CCc1cc2c(SCC(=O)Nc3cccc(OC)c3)ncnc2s1. The van der Waals surface area contributed by atoms with E-state index in [2.05, 4.69) is 28.3 Å². The molecule has 0 atom stereocenters. The lowest BCUT2D eigenvalue weighted by atomic mass is 10.3. The summed E-state index contributed by atoms with van der Waals surface area (Å²) in [6.07, 6.45) is 2.53. The number of methoxy groups -OCH3 is 1. The number of hydrogen-bond acceptors (Lipinski definition) is 6. The second kappa shape index (κ2) is 7.63. The predicted molar refractivity (Wildman–Crippen MR) is 99.1 cm³/mol. The first-order valence-corrected chi connectivity index (χ1v) is 9.30. The molecule has 0 fully saturated rings. The molecule has 0 aliphatic heterocycles. The van der Waals surface area contributed by atoms with Gasteiger partial charge < -0.3 is 10.1 Å². The Balaban J connectivity index is 1.67. The van der Waals surface area contributed by atoms with Crippen LogP contribution in [0.15, 0.2) is 41.7 Å². The van der Waals surface area contributed by atoms with E-state index in [0.717, 1.165) is 27.4 Å². The zero-order valence-electron chi connectivity index (χ0n) is 13.4. The van der Waals surface area contributed by atoms with Gasteiger partial charge in [0, 0.05) is 22.0 Å². The number of thiophene rings is 1. The number of carbonyl (C=O) groups is 1. The van der Waals surface area contributed by atoms with Crippen molar-refractivity contribution in [3.8, 4) is 5.75 Å². The van der Waals surface area contributed by atoms with Gasteiger partial charge in [-0.2, -0.15) is 0 Å². The lowest BCUT2D eigenvalue weighted by Crippen LogP contribution is -2.14. The van der Waals surface area contributed by atoms with Crippen molar-refractivity contribution < 1.29 is 9.53 Å². The van der Waals surface area contributed by atoms with Gasteiger partial charge in [0.05, 0.1) is 12.9 Å². The maximum atomic E-state index is 12.2. The van der Waals surface area contributed by atoms with Crippen molar-refractivity contribution in [2.75, 3.05) is 18.2 Å². The number of rotatable bonds is 6. The van der Waals surface area contributed by atoms with Crippen molar-refractivity contribution in [2.24, 2.45) is 0 Å². The molecule has 1 amide bonds. The minimum atomic E-state index is -0.0778. The molecule has 0 spiro atoms. The highest BCUT2D eigenvalue weighted by molar-refractivity contribution is 8.00. The van der Waals surface area contributed by atoms with Gasteiger partial charge in [-0.25, -0.2) is 9.97 Å². The number of amides is 1. The van der Waals surface area contributed by atoms with Gasteiger partial charge in [-0.3, -0.25) is 4.79 Å². The third kappa shape index (κ3) is 3.85. The van der Waals surface area contributed by atoms with E-state index in [1.54, 1.807) is 30.8 Å². The summed E-state index contributed by atoms with van der Waals surface area (Å²) in [6.45, 7) is 2.12. The quantitative estimate of drug-likeness (QED) is 0.532. The van der Waals surface area contributed by atoms with Crippen LogP contribution in [-0.4, -0.2) is 28.7 Å². The van der Waals surface area contributed by atoms with Gasteiger partial charge in [0.1, 0.15) is 21.9 Å². The van der Waals surface area contributed by atoms with Crippen molar-refractivity contribution in [1.82, 2.24) is 9.97 Å². The molecule has 3 rings (SSSR count). The van der Waals surface area contributed by atoms with Gasteiger partial charge in [-0.05, 0) is 24.6 Å². The fraction of sp³-hybridized carbons (Fsp3) is 0.235. The molecule has 0 aliphatic rings. The van der Waals surface area contributed by atoms with Crippen LogP contribution in [-0.2, 0) is 11.2 Å². The van der Waals surface area contributed by atoms with E-state index in [1.807, 2.05) is 18.2 Å². The van der Waals surface area contributed by atoms with Crippen LogP contribution in [0.5, 0.6) is 5.75 Å². The smallest absolute Gasteiger partial charge is 0.234 e. The Morgan fingerprint density at radius 3 is 3.00 bits per heavy atom. The molecule has 0 aliphatic carbocycles. The number of carbonyl (C=O) groups excluding carboxylic acids is 1. The highest BCUT2D eigenvalue weighted by atomic mass is 32.2. The first-order chi connectivity index (χ1) is 11.7. The van der Waals surface area contributed by atoms with Crippen molar-refractivity contribution in [2.45, 2.75) is 18.4 Å². The number of ether oxygens (including phenoxy) is 1. The number of aryl methyl sites for hydroxylation is 1. The van der Waals surface area contributed by atoms with Gasteiger partial charge in [0.25, 0.3) is 0 Å². The third-order valence-corrected chi connectivity index (χ3v) is 5.58. The molecular formula is C17H17N3O2S2. The highest BCUT2D eigenvalue weighted by Crippen LogP contribution is 2.31. The Bertz CT molecular complexity index is 864. The average molecular weight is 359 g/mol. The summed E-state index contributed by atoms with van der Waals surface area (Å²) < 4.78 is 5.15. The maximum Gasteiger partial charge on any atom is 0.234 e. The first-order valence-electron chi connectivity index (χ1n) is 7.49. The summed E-state index contributed by atoms with van der Waals surface area (Å²) in [7, 11) is 1.60. The topological polar surface area (TPSA) is 64.1 Å². The molecule has 1 aromatic carbocycles. The normalized spacial score (nSPS) is 10.8. The largest absolute Gasteiger partial charge is 0.497 e. The number of aromatic nitrogens is 2. The number of anilines is 1. The van der Waals surface area contributed by atoms with Crippen LogP contribution in [0.25, 0.3) is 10.2 Å². The fourth-order valence-corrected chi connectivity index (χ4v) is 3.98. The minimum Gasteiger partial charge on any atom is -0.497 e. The lowest BCUT2D eigenvalue weighted by molar-refractivity contribution is -0.113. The molecule has 0 bridgehead atoms. The molecule has 0 radical (unpaired) electrons. The maximum absolute atomic E-state index is 12.2. The predicted octanol–water partition coefficient (Wildman–Crippen LogP) is 3.99. The van der Waals surface area contributed by atoms with Gasteiger partial charge in [-0.1, -0.05) is 24.8 Å². The van der Waals surface area contributed by atoms with Crippen LogP contribution >= 0.6 is 23.1 Å². The molecule has 5 nitrogen and oxygen atoms in total. The van der Waals surface area contributed by atoms with Gasteiger partial charge in [0.15, 0.2) is 0 Å². The molecule has 3 aromatic rings. The van der Waals surface area contributed by atoms with Crippen molar-refractivity contribution in [3.05, 3.63) is 41.5 Å². The number of fused-ring (bicyclic) bond motifs is 1. The monoisotopic (exact) mass is 359 g/mol. The van der Waals surface area contributed by atoms with Crippen LogP contribution < -0.4 is 10.1 Å². The number of thioether (sulfide) groups is 1. The molecule has 0 unspecified atom stereocenters. The van der Waals surface area contributed by atoms with Crippen molar-refractivity contribution in [1.29, 1.82) is 0 Å². The third-order valence-electron chi connectivity index (χ3n) is 3.39. The Morgan fingerprint density at radius 2 is 2.21 bits per heavy atom. The number of nitrogens with zero attached hydrogens (tertiary/aromatic N) is 2. The zero-order valence-corrected chi connectivity index (χ0v) is 15.0. The Morgan fingerprint density at radius 1 is 1.33 bits per heavy atom. The molecule has 124 valence electrons. The minimum absolute atomic E-state index is 0.0778. The van der Waals surface area contributed by atoms with Crippen LogP contribution in [0.4, 0.5) is 5.69 Å². The van der Waals surface area contributed by atoms with Crippen molar-refractivity contribution >= 4 is 44.9 Å². The molecule has 0 saturated carbocycles. The summed E-state index contributed by atoms with van der Waals surface area (Å²) >= 11 is 3.10. The fourth-order valence-electron chi connectivity index (χ4n) is 2.20. The van der Waals surface area contributed by atoms with Crippen molar-refractivity contribution in [3.63, 3.8) is 0 Å². The standard InChI is InChI=1S/C17H17N3O2S2/c1-3-13-8-14-16(18-10-19-17(14)24-13)23-9-15(21)20-11-5-4-6-12(7-11)22-2/h4-8,10H,3,9H2,1-2H3,(H,20,21). The summed E-state index contributed by atoms with van der Waals surface area (Å²) in [6, 6.07) is 9.41. The van der Waals surface area contributed by atoms with E-state index in [1.165, 1.54) is 16.6 Å². The molecular weight excluding hydrogens is 342 g/mol. The summed E-state index contributed by atoms with van der Waals surface area (Å²) in [5.41, 5.74) is 0.719. The lowest BCUT2D eigenvalue weighted by Gasteiger charge is -2.07. The first kappa shape index (κ1) is 16.7. The summed E-state index contributed by atoms with van der Waals surface area (Å²) in [5, 5.41) is 4.74. The zero-order chi connectivity index (χ0) is 16.9. The van der Waals surface area contributed by atoms with Gasteiger partial charge in [0.2, 0.25) is 5.91 Å². The highest BCUT2D eigenvalue weighted by Gasteiger charge is 2.11. The van der Waals surface area contributed by atoms with Crippen LogP contribution in [0.1, 0.15) is 11.8 Å². The second-order valence-corrected chi connectivity index (χ2v) is 7.11. The molecule has 7 heteroatoms. The van der Waals surface area contributed by atoms with E-state index < -0.39 is 0 Å². The average Bonchev–Trinajstić information content (AvgIpc) is 3.04. The number of benzene rings is 1.